The number of nitrogens with one attached hydrogen (secondary N) is 1. The highest BCUT2D eigenvalue weighted by Gasteiger charge is 2.29. The van der Waals surface area contributed by atoms with Crippen LogP contribution in [0.15, 0.2) is 48.5 Å². The average Bonchev–Trinajstić information content (AvgIpc) is 2.70. The Kier molecular flexibility index (Phi) is 7.00. The molecule has 0 spiro atoms. The first-order chi connectivity index (χ1) is 12.5. The van der Waals surface area contributed by atoms with E-state index in [1.807, 2.05) is 43.3 Å². The van der Waals surface area contributed by atoms with Crippen molar-refractivity contribution in [3.05, 3.63) is 59.7 Å². The third-order valence-corrected chi connectivity index (χ3v) is 4.28. The molecule has 0 aromatic heterocycles. The van der Waals surface area contributed by atoms with Crippen LogP contribution in [-0.4, -0.2) is 38.5 Å². The first kappa shape index (κ1) is 19.8. The summed E-state index contributed by atoms with van der Waals surface area (Å²) in [6.07, 6.45) is -1.34. The van der Waals surface area contributed by atoms with Crippen molar-refractivity contribution in [3.63, 3.8) is 0 Å². The Bertz CT molecular complexity index is 699. The van der Waals surface area contributed by atoms with Gasteiger partial charge >= 0.3 is 5.97 Å². The van der Waals surface area contributed by atoms with Crippen molar-refractivity contribution in [2.75, 3.05) is 21.3 Å². The van der Waals surface area contributed by atoms with E-state index in [-0.39, 0.29) is 6.04 Å². The van der Waals surface area contributed by atoms with Crippen LogP contribution >= 0.6 is 0 Å². The SMILES string of the molecule is COC(=O)[C@@H](O)[C@H](N[C@H](C)c1ccc(OC)cc1)c1ccc(OC)cc1. The molecule has 0 saturated heterocycles. The molecule has 0 radical (unpaired) electrons. The molecule has 6 heteroatoms. The number of hydrogen-bond acceptors (Lipinski definition) is 6. The number of esters is 1. The molecular formula is C20H25NO5. The number of aliphatic hydroxyl groups excluding tert-OH is 1. The second-order valence-electron chi connectivity index (χ2n) is 5.88. The van der Waals surface area contributed by atoms with Crippen LogP contribution < -0.4 is 14.8 Å². The highest BCUT2D eigenvalue weighted by molar-refractivity contribution is 5.75. The molecule has 0 amide bonds. The predicted molar refractivity (Wildman–Crippen MR) is 98.3 cm³/mol. The molecule has 140 valence electrons. The summed E-state index contributed by atoms with van der Waals surface area (Å²) in [5.41, 5.74) is 1.76. The summed E-state index contributed by atoms with van der Waals surface area (Å²) in [4.78, 5) is 11.9. The lowest BCUT2D eigenvalue weighted by atomic mass is 9.98. The molecule has 0 aliphatic heterocycles. The van der Waals surface area contributed by atoms with Gasteiger partial charge in [0.2, 0.25) is 0 Å². The van der Waals surface area contributed by atoms with Gasteiger partial charge in [-0.25, -0.2) is 4.79 Å². The number of ether oxygens (including phenoxy) is 3. The summed E-state index contributed by atoms with van der Waals surface area (Å²) < 4.78 is 15.0. The van der Waals surface area contributed by atoms with Crippen molar-refractivity contribution in [1.82, 2.24) is 5.32 Å². The highest BCUT2D eigenvalue weighted by Crippen LogP contribution is 2.26. The predicted octanol–water partition coefficient (Wildman–Crippen LogP) is 2.63. The minimum atomic E-state index is -1.34. The van der Waals surface area contributed by atoms with Gasteiger partial charge in [-0.3, -0.25) is 0 Å². The third-order valence-electron chi connectivity index (χ3n) is 4.28. The second-order valence-corrected chi connectivity index (χ2v) is 5.88. The van der Waals surface area contributed by atoms with Crippen LogP contribution in [0.25, 0.3) is 0 Å². The molecule has 0 aliphatic rings. The lowest BCUT2D eigenvalue weighted by molar-refractivity contribution is -0.152. The Morgan fingerprint density at radius 3 is 1.77 bits per heavy atom. The molecule has 2 aromatic rings. The summed E-state index contributed by atoms with van der Waals surface area (Å²) in [6, 6.07) is 14.0. The molecule has 0 bridgehead atoms. The van der Waals surface area contributed by atoms with Gasteiger partial charge in [-0.15, -0.1) is 0 Å². The number of hydrogen-bond donors (Lipinski definition) is 2. The van der Waals surface area contributed by atoms with E-state index < -0.39 is 18.1 Å². The van der Waals surface area contributed by atoms with E-state index in [0.29, 0.717) is 5.75 Å². The van der Waals surface area contributed by atoms with E-state index in [1.165, 1.54) is 7.11 Å². The van der Waals surface area contributed by atoms with Gasteiger partial charge in [-0.05, 0) is 42.3 Å². The smallest absolute Gasteiger partial charge is 0.336 e. The fourth-order valence-electron chi connectivity index (χ4n) is 2.70. The second kappa shape index (κ2) is 9.22. The highest BCUT2D eigenvalue weighted by atomic mass is 16.5. The van der Waals surface area contributed by atoms with Crippen LogP contribution in [0, 0.1) is 0 Å². The monoisotopic (exact) mass is 359 g/mol. The Balaban J connectivity index is 2.25. The number of aliphatic hydroxyl groups is 1. The van der Waals surface area contributed by atoms with Crippen molar-refractivity contribution < 1.29 is 24.1 Å². The van der Waals surface area contributed by atoms with Gasteiger partial charge < -0.3 is 24.6 Å². The van der Waals surface area contributed by atoms with E-state index in [0.717, 1.165) is 16.9 Å². The van der Waals surface area contributed by atoms with Gasteiger partial charge in [0.15, 0.2) is 6.10 Å². The van der Waals surface area contributed by atoms with Crippen molar-refractivity contribution in [2.24, 2.45) is 0 Å². The topological polar surface area (TPSA) is 77.0 Å². The minimum Gasteiger partial charge on any atom is -0.497 e. The van der Waals surface area contributed by atoms with Gasteiger partial charge in [0.25, 0.3) is 0 Å². The quantitative estimate of drug-likeness (QED) is 0.706. The summed E-state index contributed by atoms with van der Waals surface area (Å²) in [6.45, 7) is 1.96. The molecule has 2 N–H and O–H groups in total. The first-order valence-electron chi connectivity index (χ1n) is 8.30. The number of rotatable bonds is 8. The number of benzene rings is 2. The molecule has 6 nitrogen and oxygen atoms in total. The van der Waals surface area contributed by atoms with Crippen LogP contribution in [0.5, 0.6) is 11.5 Å². The third kappa shape index (κ3) is 4.74. The zero-order valence-corrected chi connectivity index (χ0v) is 15.4. The number of methoxy groups -OCH3 is 3. The maximum Gasteiger partial charge on any atom is 0.336 e. The van der Waals surface area contributed by atoms with Gasteiger partial charge in [0, 0.05) is 6.04 Å². The Morgan fingerprint density at radius 2 is 1.35 bits per heavy atom. The molecule has 0 saturated carbocycles. The fraction of sp³-hybridized carbons (Fsp3) is 0.350. The van der Waals surface area contributed by atoms with Crippen LogP contribution in [0.4, 0.5) is 0 Å². The van der Waals surface area contributed by atoms with Crippen molar-refractivity contribution >= 4 is 5.97 Å². The first-order valence-corrected chi connectivity index (χ1v) is 8.30. The molecule has 3 atom stereocenters. The van der Waals surface area contributed by atoms with E-state index >= 15 is 0 Å². The zero-order chi connectivity index (χ0) is 19.1. The van der Waals surface area contributed by atoms with Crippen molar-refractivity contribution in [3.8, 4) is 11.5 Å². The van der Waals surface area contributed by atoms with E-state index in [1.54, 1.807) is 26.4 Å². The van der Waals surface area contributed by atoms with Crippen LogP contribution in [0.2, 0.25) is 0 Å². The molecule has 0 aliphatic carbocycles. The van der Waals surface area contributed by atoms with Gasteiger partial charge in [0.05, 0.1) is 27.4 Å². The zero-order valence-electron chi connectivity index (χ0n) is 15.4. The van der Waals surface area contributed by atoms with Crippen LogP contribution in [0.3, 0.4) is 0 Å². The lowest BCUT2D eigenvalue weighted by Gasteiger charge is -2.27. The standard InChI is InChI=1S/C20H25NO5/c1-13(14-5-9-16(24-2)10-6-14)21-18(19(22)20(23)26-4)15-7-11-17(25-3)12-8-15/h5-13,18-19,21-22H,1-4H3/t13-,18-,19+/m1/s1. The minimum absolute atomic E-state index is 0.118. The Hall–Kier alpha value is -2.57. The Morgan fingerprint density at radius 1 is 0.885 bits per heavy atom. The maximum atomic E-state index is 11.9. The molecule has 26 heavy (non-hydrogen) atoms. The van der Waals surface area contributed by atoms with Gasteiger partial charge in [0.1, 0.15) is 11.5 Å². The normalized spacial score (nSPS) is 14.2. The summed E-state index contributed by atoms with van der Waals surface area (Å²) in [7, 11) is 4.45. The molecule has 0 fully saturated rings. The fourth-order valence-corrected chi connectivity index (χ4v) is 2.70. The van der Waals surface area contributed by atoms with Gasteiger partial charge in [-0.2, -0.15) is 0 Å². The average molecular weight is 359 g/mol. The van der Waals surface area contributed by atoms with Crippen molar-refractivity contribution in [1.29, 1.82) is 0 Å². The summed E-state index contributed by atoms with van der Waals surface area (Å²) in [5, 5.41) is 13.8. The van der Waals surface area contributed by atoms with Crippen LogP contribution in [0.1, 0.15) is 30.1 Å². The Labute approximate surface area is 153 Å². The lowest BCUT2D eigenvalue weighted by Crippen LogP contribution is -2.39. The van der Waals surface area contributed by atoms with E-state index in [9.17, 15) is 9.90 Å². The number of carbonyl (C=O) groups excluding carboxylic acids is 1. The molecule has 0 heterocycles. The molecule has 2 rings (SSSR count). The largest absolute Gasteiger partial charge is 0.497 e. The summed E-state index contributed by atoms with van der Waals surface area (Å²) in [5.74, 6) is 0.769. The maximum absolute atomic E-state index is 11.9. The van der Waals surface area contributed by atoms with Crippen molar-refractivity contribution in [2.45, 2.75) is 25.1 Å². The summed E-state index contributed by atoms with van der Waals surface area (Å²) >= 11 is 0. The molecule has 0 unspecified atom stereocenters. The molecule has 2 aromatic carbocycles. The van der Waals surface area contributed by atoms with E-state index in [2.05, 4.69) is 5.32 Å². The van der Waals surface area contributed by atoms with Gasteiger partial charge in [-0.1, -0.05) is 24.3 Å². The van der Waals surface area contributed by atoms with Crippen LogP contribution in [-0.2, 0) is 9.53 Å². The molecular weight excluding hydrogens is 334 g/mol. The van der Waals surface area contributed by atoms with E-state index in [4.69, 9.17) is 14.2 Å². The number of carbonyl (C=O) groups is 1.